The number of pyridine rings is 2. The van der Waals surface area contributed by atoms with Crippen LogP contribution in [0.25, 0.3) is 32.9 Å². The van der Waals surface area contributed by atoms with E-state index >= 15 is 8.78 Å². The molecule has 3 atom stereocenters. The van der Waals surface area contributed by atoms with Crippen LogP contribution >= 0.6 is 0 Å². The number of benzene rings is 2. The summed E-state index contributed by atoms with van der Waals surface area (Å²) in [5.41, 5.74) is 0.248. The van der Waals surface area contributed by atoms with Crippen LogP contribution in [-0.4, -0.2) is 89.8 Å². The number of aliphatic hydroxyl groups is 1. The molecule has 4 aliphatic rings. The largest absolute Gasteiger partial charge is 0.508 e. The summed E-state index contributed by atoms with van der Waals surface area (Å²) in [5, 5.41) is 23.4. The number of phenolic OH excluding ortho intramolecular Hbond substituents is 1. The van der Waals surface area contributed by atoms with Crippen LogP contribution in [0.15, 0.2) is 30.3 Å². The van der Waals surface area contributed by atoms with Gasteiger partial charge in [0.1, 0.15) is 22.8 Å². The Kier molecular flexibility index (Phi) is 9.87. The van der Waals surface area contributed by atoms with E-state index in [2.05, 4.69) is 4.90 Å². The molecule has 9 nitrogen and oxygen atoms in total. The number of fused-ring (bicyclic) bond motifs is 3. The molecule has 53 heavy (non-hydrogen) atoms. The average Bonchev–Trinajstić information content (AvgIpc) is 3.59. The zero-order valence-electron chi connectivity index (χ0n) is 31.2. The van der Waals surface area contributed by atoms with E-state index in [1.807, 2.05) is 24.8 Å². The minimum absolute atomic E-state index is 0.0146. The standard InChI is InChI=1S/C42H52F2N4O5/c1-4-29-31(43)10-9-27-20-28(49)21-30(35(27)29)38-37(44)39-36(40(46-38)51-3)32(48-17-6-13-41(2,50)24-48)22-34(45-39)53-25-42-14-5-8-33(42)47(16-7-15-42)23-26-11-18-52-19-12-26/h9-10,20-22,26,33,49-50H,4-8,11-19,23-25H2,1-3H3. The minimum Gasteiger partial charge on any atom is -0.508 e. The zero-order chi connectivity index (χ0) is 36.9. The summed E-state index contributed by atoms with van der Waals surface area (Å²) >= 11 is 0. The van der Waals surface area contributed by atoms with E-state index in [0.717, 1.165) is 77.7 Å². The SMILES string of the molecule is CCc1c(F)ccc2cc(O)cc(-c3nc(OC)c4c(N5CCCC(C)(O)C5)cc(OCC56CCCC5N(CC5CCOCC5)CCC6)nc4c3F)c12. The molecule has 0 amide bonds. The van der Waals surface area contributed by atoms with Crippen LogP contribution in [0, 0.1) is 23.0 Å². The molecule has 2 aromatic heterocycles. The van der Waals surface area contributed by atoms with Gasteiger partial charge in [-0.3, -0.25) is 4.90 Å². The highest BCUT2D eigenvalue weighted by atomic mass is 19.1. The van der Waals surface area contributed by atoms with Gasteiger partial charge in [0.15, 0.2) is 5.82 Å². The van der Waals surface area contributed by atoms with Gasteiger partial charge in [0, 0.05) is 55.9 Å². The maximum Gasteiger partial charge on any atom is 0.225 e. The van der Waals surface area contributed by atoms with Crippen LogP contribution in [0.2, 0.25) is 0 Å². The topological polar surface area (TPSA) is 100 Å². The number of hydrogen-bond donors (Lipinski definition) is 2. The summed E-state index contributed by atoms with van der Waals surface area (Å²) in [6, 6.07) is 8.20. The van der Waals surface area contributed by atoms with Crippen LogP contribution in [0.1, 0.15) is 77.2 Å². The molecule has 284 valence electrons. The van der Waals surface area contributed by atoms with Crippen molar-refractivity contribution in [2.45, 2.75) is 89.7 Å². The van der Waals surface area contributed by atoms with E-state index in [-0.39, 0.29) is 33.8 Å². The lowest BCUT2D eigenvalue weighted by Crippen LogP contribution is -2.53. The summed E-state index contributed by atoms with van der Waals surface area (Å²) in [5.74, 6) is -0.113. The number of phenols is 1. The first kappa shape index (κ1) is 36.2. The van der Waals surface area contributed by atoms with Gasteiger partial charge in [-0.1, -0.05) is 19.4 Å². The highest BCUT2D eigenvalue weighted by Gasteiger charge is 2.49. The molecule has 0 bridgehead atoms. The zero-order valence-corrected chi connectivity index (χ0v) is 31.2. The molecular weight excluding hydrogens is 678 g/mol. The smallest absolute Gasteiger partial charge is 0.225 e. The molecule has 11 heteroatoms. The molecule has 4 fully saturated rings. The Morgan fingerprint density at radius 1 is 0.981 bits per heavy atom. The van der Waals surface area contributed by atoms with Crippen molar-refractivity contribution >= 4 is 27.4 Å². The van der Waals surface area contributed by atoms with Crippen molar-refractivity contribution in [2.75, 3.05) is 58.0 Å². The molecule has 4 aromatic rings. The average molecular weight is 731 g/mol. The van der Waals surface area contributed by atoms with Gasteiger partial charge >= 0.3 is 0 Å². The summed E-state index contributed by atoms with van der Waals surface area (Å²) in [7, 11) is 1.48. The fraction of sp³-hybridized carbons (Fsp3) is 0.571. The number of aromatic nitrogens is 2. The van der Waals surface area contributed by atoms with Crippen molar-refractivity contribution in [1.82, 2.24) is 14.9 Å². The van der Waals surface area contributed by atoms with Gasteiger partial charge in [-0.2, -0.15) is 0 Å². The predicted octanol–water partition coefficient (Wildman–Crippen LogP) is 7.80. The highest BCUT2D eigenvalue weighted by molar-refractivity contribution is 6.03. The Labute approximate surface area is 310 Å². The Morgan fingerprint density at radius 3 is 2.55 bits per heavy atom. The first-order valence-electron chi connectivity index (χ1n) is 19.5. The molecular formula is C42H52F2N4O5. The molecule has 0 spiro atoms. The first-order chi connectivity index (χ1) is 25.6. The molecule has 8 rings (SSSR count). The molecule has 1 aliphatic carbocycles. The number of methoxy groups -OCH3 is 1. The molecule has 2 aromatic carbocycles. The summed E-state index contributed by atoms with van der Waals surface area (Å²) in [6.07, 6.45) is 9.54. The third-order valence-corrected chi connectivity index (χ3v) is 12.5. The summed E-state index contributed by atoms with van der Waals surface area (Å²) in [4.78, 5) is 14.3. The minimum atomic E-state index is -0.943. The number of halogens is 2. The van der Waals surface area contributed by atoms with Gasteiger partial charge in [0.2, 0.25) is 11.8 Å². The Morgan fingerprint density at radius 2 is 1.77 bits per heavy atom. The Bertz CT molecular complexity index is 2000. The fourth-order valence-electron chi connectivity index (χ4n) is 10.0. The van der Waals surface area contributed by atoms with Crippen LogP contribution in [0.3, 0.4) is 0 Å². The number of aryl methyl sites for hydroxylation is 1. The second-order valence-corrected chi connectivity index (χ2v) is 16.2. The number of β-amino-alcohol motifs (C(OH)–C–C–N with tert-alkyl or cyclic N) is 1. The van der Waals surface area contributed by atoms with Gasteiger partial charge < -0.3 is 29.3 Å². The molecule has 1 saturated carbocycles. The summed E-state index contributed by atoms with van der Waals surface area (Å²) in [6.45, 7) is 9.00. The second kappa shape index (κ2) is 14.5. The van der Waals surface area contributed by atoms with Crippen LogP contribution in [0.4, 0.5) is 14.5 Å². The van der Waals surface area contributed by atoms with Crippen LogP contribution < -0.4 is 14.4 Å². The summed E-state index contributed by atoms with van der Waals surface area (Å²) < 4.78 is 50.8. The lowest BCUT2D eigenvalue weighted by molar-refractivity contribution is -0.0195. The lowest BCUT2D eigenvalue weighted by Gasteiger charge is -2.47. The molecule has 3 saturated heterocycles. The van der Waals surface area contributed by atoms with Crippen LogP contribution in [0.5, 0.6) is 17.5 Å². The number of hydrogen-bond acceptors (Lipinski definition) is 9. The van der Waals surface area contributed by atoms with Crippen molar-refractivity contribution in [3.05, 3.63) is 47.5 Å². The number of likely N-dealkylation sites (tertiary alicyclic amines) is 1. The maximum absolute atomic E-state index is 17.3. The van der Waals surface area contributed by atoms with E-state index in [9.17, 15) is 10.2 Å². The van der Waals surface area contributed by atoms with Gasteiger partial charge in [-0.05, 0) is 112 Å². The second-order valence-electron chi connectivity index (χ2n) is 16.2. The van der Waals surface area contributed by atoms with Crippen molar-refractivity contribution < 1.29 is 33.2 Å². The lowest BCUT2D eigenvalue weighted by atomic mass is 9.75. The number of aromatic hydroxyl groups is 1. The van der Waals surface area contributed by atoms with Gasteiger partial charge in [0.05, 0.1) is 30.4 Å². The first-order valence-corrected chi connectivity index (χ1v) is 19.5. The number of nitrogens with zero attached hydrogens (tertiary/aromatic N) is 4. The van der Waals surface area contributed by atoms with Crippen molar-refractivity contribution in [3.63, 3.8) is 0 Å². The van der Waals surface area contributed by atoms with Crippen LogP contribution in [-0.2, 0) is 11.2 Å². The van der Waals surface area contributed by atoms with E-state index in [4.69, 9.17) is 24.2 Å². The Hall–Kier alpha value is -3.80. The normalized spacial score (nSPS) is 25.6. The van der Waals surface area contributed by atoms with E-state index in [1.54, 1.807) is 12.1 Å². The van der Waals surface area contributed by atoms with Crippen molar-refractivity contribution in [1.29, 1.82) is 0 Å². The third kappa shape index (κ3) is 6.78. The monoisotopic (exact) mass is 730 g/mol. The van der Waals surface area contributed by atoms with Gasteiger partial charge in [-0.15, -0.1) is 0 Å². The van der Waals surface area contributed by atoms with Crippen molar-refractivity contribution in [2.24, 2.45) is 11.3 Å². The van der Waals surface area contributed by atoms with E-state index in [0.29, 0.717) is 77.8 Å². The van der Waals surface area contributed by atoms with Gasteiger partial charge in [0.25, 0.3) is 0 Å². The quantitative estimate of drug-likeness (QED) is 0.179. The number of anilines is 1. The van der Waals surface area contributed by atoms with E-state index < -0.39 is 17.2 Å². The van der Waals surface area contributed by atoms with Gasteiger partial charge in [-0.25, -0.2) is 18.7 Å². The predicted molar refractivity (Wildman–Crippen MR) is 202 cm³/mol. The molecule has 2 N–H and O–H groups in total. The molecule has 3 unspecified atom stereocenters. The number of piperidine rings is 2. The van der Waals surface area contributed by atoms with Crippen molar-refractivity contribution in [3.8, 4) is 28.8 Å². The third-order valence-electron chi connectivity index (χ3n) is 12.5. The number of rotatable bonds is 9. The maximum atomic E-state index is 17.3. The molecule has 0 radical (unpaired) electrons. The molecule has 5 heterocycles. The molecule has 3 aliphatic heterocycles. The van der Waals surface area contributed by atoms with E-state index in [1.165, 1.54) is 19.2 Å². The number of ether oxygens (including phenoxy) is 3. The Balaban J connectivity index is 1.23. The fourth-order valence-corrected chi connectivity index (χ4v) is 10.0. The highest BCUT2D eigenvalue weighted by Crippen LogP contribution is 2.49.